The van der Waals surface area contributed by atoms with Crippen LogP contribution < -0.4 is 10.6 Å². The van der Waals surface area contributed by atoms with Crippen molar-refractivity contribution in [2.75, 3.05) is 18.0 Å². The van der Waals surface area contributed by atoms with Gasteiger partial charge in [0.25, 0.3) is 0 Å². The molecule has 4 rings (SSSR count). The second-order valence-corrected chi connectivity index (χ2v) is 6.50. The molecular weight excluding hydrogens is 300 g/mol. The third-order valence-electron chi connectivity index (χ3n) is 4.16. The fourth-order valence-corrected chi connectivity index (χ4v) is 3.99. The van der Waals surface area contributed by atoms with E-state index in [0.717, 1.165) is 47.8 Å². The molecule has 3 aromatic heterocycles. The van der Waals surface area contributed by atoms with Crippen LogP contribution in [0.3, 0.4) is 0 Å². The summed E-state index contributed by atoms with van der Waals surface area (Å²) < 4.78 is 0. The molecule has 1 fully saturated rings. The van der Waals surface area contributed by atoms with E-state index >= 15 is 0 Å². The average Bonchev–Trinajstić information content (AvgIpc) is 3.14. The van der Waals surface area contributed by atoms with E-state index in [2.05, 4.69) is 42.4 Å². The normalized spacial score (nSPS) is 19.0. The maximum absolute atomic E-state index is 11.3. The third kappa shape index (κ3) is 2.19. The molecule has 7 nitrogen and oxygen atoms in total. The molecule has 0 bridgehead atoms. The Kier molecular flexibility index (Phi) is 3.18. The van der Waals surface area contributed by atoms with Gasteiger partial charge in [-0.05, 0) is 30.7 Å². The third-order valence-corrected chi connectivity index (χ3v) is 5.17. The van der Waals surface area contributed by atoms with Crippen molar-refractivity contribution in [1.29, 1.82) is 0 Å². The maximum atomic E-state index is 11.3. The largest absolute Gasteiger partial charge is 0.355 e. The monoisotopic (exact) mass is 316 g/mol. The Bertz CT molecular complexity index is 865. The second-order valence-electron chi connectivity index (χ2n) is 5.64. The van der Waals surface area contributed by atoms with Gasteiger partial charge in [0, 0.05) is 19.0 Å². The van der Waals surface area contributed by atoms with Crippen molar-refractivity contribution in [2.45, 2.75) is 25.7 Å². The summed E-state index contributed by atoms with van der Waals surface area (Å²) in [6.07, 6.45) is 3.70. The highest BCUT2D eigenvalue weighted by Crippen LogP contribution is 2.34. The predicted octanol–water partition coefficient (Wildman–Crippen LogP) is 1.80. The van der Waals surface area contributed by atoms with Crippen LogP contribution in [0.5, 0.6) is 0 Å². The molecule has 4 heterocycles. The van der Waals surface area contributed by atoms with E-state index in [4.69, 9.17) is 0 Å². The number of anilines is 1. The lowest BCUT2D eigenvalue weighted by Crippen LogP contribution is -2.35. The van der Waals surface area contributed by atoms with E-state index in [0.29, 0.717) is 0 Å². The molecule has 114 valence electrons. The van der Waals surface area contributed by atoms with E-state index < -0.39 is 0 Å². The Labute approximate surface area is 130 Å². The van der Waals surface area contributed by atoms with Crippen LogP contribution in [0.25, 0.3) is 10.2 Å². The standard InChI is InChI=1S/C14H16N6OS/c1-8-6-22-13-10(8)12(15-7-16-13)20-4-2-3-9(5-20)11-17-14(21)19-18-11/h6-7,9H,2-5H2,1H3,(H2,17,18,19,21)/t9-/m1/s1. The zero-order valence-electron chi connectivity index (χ0n) is 12.2. The Balaban J connectivity index is 1.69. The number of rotatable bonds is 2. The number of aromatic nitrogens is 5. The number of H-pyrrole nitrogens is 2. The highest BCUT2D eigenvalue weighted by molar-refractivity contribution is 7.17. The zero-order chi connectivity index (χ0) is 15.1. The zero-order valence-corrected chi connectivity index (χ0v) is 13.0. The Morgan fingerprint density at radius 1 is 1.41 bits per heavy atom. The molecule has 22 heavy (non-hydrogen) atoms. The van der Waals surface area contributed by atoms with Crippen molar-refractivity contribution in [1.82, 2.24) is 25.1 Å². The number of hydrogen-bond acceptors (Lipinski definition) is 6. The number of aromatic amines is 2. The fourth-order valence-electron chi connectivity index (χ4n) is 3.11. The van der Waals surface area contributed by atoms with Gasteiger partial charge in [-0.1, -0.05) is 0 Å². The number of thiophene rings is 1. The van der Waals surface area contributed by atoms with Gasteiger partial charge in [-0.2, -0.15) is 5.10 Å². The van der Waals surface area contributed by atoms with Gasteiger partial charge in [0.05, 0.1) is 5.39 Å². The first-order chi connectivity index (χ1) is 10.7. The van der Waals surface area contributed by atoms with Crippen LogP contribution in [0, 0.1) is 6.92 Å². The van der Waals surface area contributed by atoms with Gasteiger partial charge in [0.1, 0.15) is 22.8 Å². The van der Waals surface area contributed by atoms with Crippen LogP contribution in [0.1, 0.15) is 30.1 Å². The minimum Gasteiger partial charge on any atom is -0.355 e. The van der Waals surface area contributed by atoms with Gasteiger partial charge in [-0.3, -0.25) is 4.98 Å². The van der Waals surface area contributed by atoms with E-state index in [1.165, 1.54) is 5.56 Å². The van der Waals surface area contributed by atoms with Crippen molar-refractivity contribution < 1.29 is 0 Å². The van der Waals surface area contributed by atoms with Gasteiger partial charge in [-0.15, -0.1) is 11.3 Å². The molecule has 1 aliphatic rings. The molecule has 1 saturated heterocycles. The van der Waals surface area contributed by atoms with Crippen molar-refractivity contribution in [2.24, 2.45) is 0 Å². The highest BCUT2D eigenvalue weighted by Gasteiger charge is 2.26. The Morgan fingerprint density at radius 2 is 2.32 bits per heavy atom. The van der Waals surface area contributed by atoms with Crippen LogP contribution in [0.2, 0.25) is 0 Å². The molecule has 0 spiro atoms. The molecule has 2 N–H and O–H groups in total. The van der Waals surface area contributed by atoms with Crippen molar-refractivity contribution in [3.8, 4) is 0 Å². The molecule has 0 amide bonds. The summed E-state index contributed by atoms with van der Waals surface area (Å²) in [6.45, 7) is 3.87. The number of nitrogens with zero attached hydrogens (tertiary/aromatic N) is 4. The highest BCUT2D eigenvalue weighted by atomic mass is 32.1. The van der Waals surface area contributed by atoms with Gasteiger partial charge in [0.15, 0.2) is 0 Å². The van der Waals surface area contributed by atoms with E-state index in [9.17, 15) is 4.79 Å². The smallest absolute Gasteiger partial charge is 0.340 e. The molecular formula is C14H16N6OS. The van der Waals surface area contributed by atoms with Crippen LogP contribution >= 0.6 is 11.3 Å². The summed E-state index contributed by atoms with van der Waals surface area (Å²) in [5.41, 5.74) is 0.969. The first kappa shape index (κ1) is 13.4. The molecule has 0 saturated carbocycles. The first-order valence-corrected chi connectivity index (χ1v) is 8.18. The van der Waals surface area contributed by atoms with Crippen LogP contribution in [0.15, 0.2) is 16.5 Å². The minimum atomic E-state index is -0.245. The fraction of sp³-hybridized carbons (Fsp3) is 0.429. The van der Waals surface area contributed by atoms with Gasteiger partial charge in [0.2, 0.25) is 0 Å². The summed E-state index contributed by atoms with van der Waals surface area (Å²) in [4.78, 5) is 26.2. The maximum Gasteiger partial charge on any atom is 0.340 e. The second kappa shape index (κ2) is 5.20. The first-order valence-electron chi connectivity index (χ1n) is 7.30. The quantitative estimate of drug-likeness (QED) is 0.752. The number of nitrogens with one attached hydrogen (secondary N) is 2. The summed E-state index contributed by atoms with van der Waals surface area (Å²) >= 11 is 1.65. The lowest BCUT2D eigenvalue weighted by Gasteiger charge is -2.32. The lowest BCUT2D eigenvalue weighted by atomic mass is 9.97. The molecule has 8 heteroatoms. The van der Waals surface area contributed by atoms with Gasteiger partial charge in [-0.25, -0.2) is 19.9 Å². The lowest BCUT2D eigenvalue weighted by molar-refractivity contribution is 0.490. The molecule has 1 aliphatic heterocycles. The summed E-state index contributed by atoms with van der Waals surface area (Å²) in [6, 6.07) is 0. The Hall–Kier alpha value is -2.22. The molecule has 0 radical (unpaired) electrons. The molecule has 0 unspecified atom stereocenters. The summed E-state index contributed by atoms with van der Waals surface area (Å²) in [5, 5.41) is 9.80. The van der Waals surface area contributed by atoms with Crippen LogP contribution in [0.4, 0.5) is 5.82 Å². The van der Waals surface area contributed by atoms with Gasteiger partial charge < -0.3 is 4.90 Å². The van der Waals surface area contributed by atoms with E-state index in [1.54, 1.807) is 17.7 Å². The number of aryl methyl sites for hydroxylation is 1. The van der Waals surface area contributed by atoms with Crippen LogP contribution in [-0.2, 0) is 0 Å². The van der Waals surface area contributed by atoms with E-state index in [-0.39, 0.29) is 11.6 Å². The topological polar surface area (TPSA) is 90.6 Å². The van der Waals surface area contributed by atoms with Crippen molar-refractivity contribution in [3.05, 3.63) is 33.6 Å². The Morgan fingerprint density at radius 3 is 3.14 bits per heavy atom. The number of hydrogen-bond donors (Lipinski definition) is 2. The van der Waals surface area contributed by atoms with Gasteiger partial charge >= 0.3 is 5.69 Å². The minimum absolute atomic E-state index is 0.219. The van der Waals surface area contributed by atoms with E-state index in [1.807, 2.05) is 0 Å². The summed E-state index contributed by atoms with van der Waals surface area (Å²) in [7, 11) is 0. The van der Waals surface area contributed by atoms with Crippen LogP contribution in [-0.4, -0.2) is 38.2 Å². The molecule has 0 aliphatic carbocycles. The molecule has 3 aromatic rings. The number of piperidine rings is 1. The predicted molar refractivity (Wildman–Crippen MR) is 85.5 cm³/mol. The van der Waals surface area contributed by atoms with Crippen molar-refractivity contribution >= 4 is 27.4 Å². The number of fused-ring (bicyclic) bond motifs is 1. The molecule has 1 atom stereocenters. The molecule has 0 aromatic carbocycles. The average molecular weight is 316 g/mol. The summed E-state index contributed by atoms with van der Waals surface area (Å²) in [5.74, 6) is 1.95. The SMILES string of the molecule is Cc1csc2ncnc(N3CCC[C@@H](c4n[nH]c(=O)[nH]4)C3)c12. The van der Waals surface area contributed by atoms with Crippen molar-refractivity contribution in [3.63, 3.8) is 0 Å².